The van der Waals surface area contributed by atoms with Crippen molar-refractivity contribution < 1.29 is 17.9 Å². The normalized spacial score (nSPS) is 18.2. The molecule has 1 fully saturated rings. The highest BCUT2D eigenvalue weighted by Gasteiger charge is 2.33. The van der Waals surface area contributed by atoms with Crippen LogP contribution in [-0.4, -0.2) is 50.4 Å². The largest absolute Gasteiger partial charge is 0.497 e. The zero-order valence-corrected chi connectivity index (χ0v) is 16.8. The van der Waals surface area contributed by atoms with Crippen molar-refractivity contribution in [3.8, 4) is 5.75 Å². The molecule has 3 rings (SSSR count). The summed E-state index contributed by atoms with van der Waals surface area (Å²) in [5.41, 5.74) is 2.01. The third kappa shape index (κ3) is 5.45. The lowest BCUT2D eigenvalue weighted by Crippen LogP contribution is -2.41. The number of methoxy groups -OCH3 is 1. The minimum atomic E-state index is -3.06. The smallest absolute Gasteiger partial charge is 0.246 e. The van der Waals surface area contributed by atoms with E-state index in [4.69, 9.17) is 4.74 Å². The van der Waals surface area contributed by atoms with Crippen LogP contribution in [0.1, 0.15) is 17.5 Å². The Morgan fingerprint density at radius 3 is 2.46 bits per heavy atom. The summed E-state index contributed by atoms with van der Waals surface area (Å²) in [6.45, 7) is 0.496. The molecule has 0 saturated carbocycles. The summed E-state index contributed by atoms with van der Waals surface area (Å²) in [5, 5.41) is 0. The monoisotopic (exact) mass is 399 g/mol. The summed E-state index contributed by atoms with van der Waals surface area (Å²) in [7, 11) is -1.46. The van der Waals surface area contributed by atoms with Gasteiger partial charge in [-0.25, -0.2) is 8.42 Å². The van der Waals surface area contributed by atoms with Crippen molar-refractivity contribution in [1.82, 2.24) is 4.90 Å². The van der Waals surface area contributed by atoms with Crippen molar-refractivity contribution in [2.24, 2.45) is 0 Å². The number of hydrogen-bond acceptors (Lipinski definition) is 4. The second-order valence-corrected chi connectivity index (χ2v) is 9.16. The first-order valence-corrected chi connectivity index (χ1v) is 11.2. The first kappa shape index (κ1) is 20.1. The molecule has 28 heavy (non-hydrogen) atoms. The quantitative estimate of drug-likeness (QED) is 0.672. The molecule has 148 valence electrons. The van der Waals surface area contributed by atoms with Gasteiger partial charge in [-0.05, 0) is 42.2 Å². The summed E-state index contributed by atoms with van der Waals surface area (Å²) in [5.74, 6) is 0.789. The van der Waals surface area contributed by atoms with E-state index in [2.05, 4.69) is 0 Å². The molecule has 0 aliphatic carbocycles. The lowest BCUT2D eigenvalue weighted by atomic mass is 10.1. The molecule has 5 nitrogen and oxygen atoms in total. The van der Waals surface area contributed by atoms with E-state index in [9.17, 15) is 13.2 Å². The summed E-state index contributed by atoms with van der Waals surface area (Å²) >= 11 is 0. The number of amides is 1. The highest BCUT2D eigenvalue weighted by atomic mass is 32.2. The molecule has 1 aliphatic rings. The topological polar surface area (TPSA) is 63.7 Å². The van der Waals surface area contributed by atoms with Crippen molar-refractivity contribution >= 4 is 21.8 Å². The van der Waals surface area contributed by atoms with Crippen LogP contribution in [0.4, 0.5) is 0 Å². The molecule has 0 aromatic heterocycles. The molecule has 1 atom stereocenters. The summed E-state index contributed by atoms with van der Waals surface area (Å²) < 4.78 is 29.0. The maximum absolute atomic E-state index is 12.9. The molecule has 0 radical (unpaired) electrons. The Kier molecular flexibility index (Phi) is 6.52. The van der Waals surface area contributed by atoms with Gasteiger partial charge in [-0.3, -0.25) is 4.79 Å². The van der Waals surface area contributed by atoms with Crippen LogP contribution in [0.15, 0.2) is 60.7 Å². The Balaban J connectivity index is 1.72. The van der Waals surface area contributed by atoms with E-state index >= 15 is 0 Å². The molecular formula is C22H25NO4S. The average molecular weight is 400 g/mol. The van der Waals surface area contributed by atoms with Crippen LogP contribution >= 0.6 is 0 Å². The molecule has 2 aromatic rings. The Labute approximate surface area is 166 Å². The van der Waals surface area contributed by atoms with Crippen LogP contribution in [0.2, 0.25) is 0 Å². The third-order valence-electron chi connectivity index (χ3n) is 4.95. The van der Waals surface area contributed by atoms with Crippen LogP contribution in [0, 0.1) is 0 Å². The molecule has 1 saturated heterocycles. The molecule has 0 bridgehead atoms. The van der Waals surface area contributed by atoms with E-state index in [0.29, 0.717) is 19.4 Å². The number of benzene rings is 2. The molecular weight excluding hydrogens is 374 g/mol. The van der Waals surface area contributed by atoms with Crippen LogP contribution in [-0.2, 0) is 21.1 Å². The van der Waals surface area contributed by atoms with Gasteiger partial charge in [0.1, 0.15) is 5.75 Å². The van der Waals surface area contributed by atoms with Gasteiger partial charge in [-0.1, -0.05) is 42.5 Å². The number of sulfone groups is 1. The van der Waals surface area contributed by atoms with Crippen molar-refractivity contribution in [2.45, 2.75) is 18.9 Å². The summed E-state index contributed by atoms with van der Waals surface area (Å²) in [6, 6.07) is 17.1. The third-order valence-corrected chi connectivity index (χ3v) is 6.70. The fourth-order valence-electron chi connectivity index (χ4n) is 3.37. The van der Waals surface area contributed by atoms with E-state index in [-0.39, 0.29) is 23.5 Å². The van der Waals surface area contributed by atoms with Crippen LogP contribution in [0.25, 0.3) is 6.08 Å². The second-order valence-electron chi connectivity index (χ2n) is 6.93. The van der Waals surface area contributed by atoms with Crippen molar-refractivity contribution in [2.75, 3.05) is 25.2 Å². The van der Waals surface area contributed by atoms with Gasteiger partial charge in [-0.15, -0.1) is 0 Å². The molecule has 2 aromatic carbocycles. The number of carbonyl (C=O) groups excluding carboxylic acids is 1. The minimum absolute atomic E-state index is 0.0455. The van der Waals surface area contributed by atoms with Gasteiger partial charge in [0.2, 0.25) is 5.91 Å². The maximum Gasteiger partial charge on any atom is 0.246 e. The predicted molar refractivity (Wildman–Crippen MR) is 111 cm³/mol. The van der Waals surface area contributed by atoms with E-state index in [1.165, 1.54) is 6.08 Å². The minimum Gasteiger partial charge on any atom is -0.497 e. The van der Waals surface area contributed by atoms with E-state index in [1.54, 1.807) is 18.1 Å². The lowest BCUT2D eigenvalue weighted by Gasteiger charge is -2.27. The first-order valence-electron chi connectivity index (χ1n) is 9.34. The highest BCUT2D eigenvalue weighted by molar-refractivity contribution is 7.91. The van der Waals surface area contributed by atoms with E-state index in [0.717, 1.165) is 16.9 Å². The van der Waals surface area contributed by atoms with Gasteiger partial charge in [0.15, 0.2) is 9.84 Å². The van der Waals surface area contributed by atoms with Gasteiger partial charge in [0, 0.05) is 18.7 Å². The number of rotatable bonds is 7. The Bertz CT molecular complexity index is 921. The predicted octanol–water partition coefficient (Wildman–Crippen LogP) is 2.97. The number of hydrogen-bond donors (Lipinski definition) is 0. The molecule has 1 amide bonds. The number of ether oxygens (including phenoxy) is 1. The van der Waals surface area contributed by atoms with Crippen molar-refractivity contribution in [3.05, 3.63) is 71.8 Å². The molecule has 1 aliphatic heterocycles. The van der Waals surface area contributed by atoms with E-state index < -0.39 is 9.84 Å². The molecule has 6 heteroatoms. The fourth-order valence-corrected chi connectivity index (χ4v) is 5.10. The zero-order valence-electron chi connectivity index (χ0n) is 16.0. The molecule has 1 unspecified atom stereocenters. The summed E-state index contributed by atoms with van der Waals surface area (Å²) in [6.07, 6.45) is 4.47. The Morgan fingerprint density at radius 2 is 1.86 bits per heavy atom. The molecule has 0 spiro atoms. The Morgan fingerprint density at radius 1 is 1.14 bits per heavy atom. The van der Waals surface area contributed by atoms with Crippen LogP contribution in [0.3, 0.4) is 0 Å². The van der Waals surface area contributed by atoms with Crippen LogP contribution < -0.4 is 4.74 Å². The van der Waals surface area contributed by atoms with Gasteiger partial charge >= 0.3 is 0 Å². The first-order chi connectivity index (χ1) is 13.5. The lowest BCUT2D eigenvalue weighted by molar-refractivity contribution is -0.127. The second kappa shape index (κ2) is 9.06. The van der Waals surface area contributed by atoms with Gasteiger partial charge in [0.05, 0.1) is 18.6 Å². The SMILES string of the molecule is COc1ccc(/C=C/C(=O)N(CCc2ccccc2)C2CCS(=O)(=O)C2)cc1. The highest BCUT2D eigenvalue weighted by Crippen LogP contribution is 2.19. The molecule has 1 heterocycles. The Hall–Kier alpha value is -2.60. The number of carbonyl (C=O) groups is 1. The van der Waals surface area contributed by atoms with Gasteiger partial charge in [-0.2, -0.15) is 0 Å². The van der Waals surface area contributed by atoms with Crippen molar-refractivity contribution in [3.63, 3.8) is 0 Å². The van der Waals surface area contributed by atoms with Crippen molar-refractivity contribution in [1.29, 1.82) is 0 Å². The fraction of sp³-hybridized carbons (Fsp3) is 0.318. The maximum atomic E-state index is 12.9. The average Bonchev–Trinajstić information content (AvgIpc) is 3.07. The standard InChI is InChI=1S/C22H25NO4S/c1-27-21-10-7-19(8-11-21)9-12-22(24)23(20-14-16-28(25,26)17-20)15-13-18-5-3-2-4-6-18/h2-12,20H,13-17H2,1H3/b12-9+. The van der Waals surface area contributed by atoms with E-state index in [1.807, 2.05) is 54.6 Å². The summed E-state index contributed by atoms with van der Waals surface area (Å²) in [4.78, 5) is 14.6. The van der Waals surface area contributed by atoms with Crippen LogP contribution in [0.5, 0.6) is 5.75 Å². The van der Waals surface area contributed by atoms with Gasteiger partial charge in [0.25, 0.3) is 0 Å². The number of nitrogens with zero attached hydrogens (tertiary/aromatic N) is 1. The zero-order chi connectivity index (χ0) is 20.0. The van der Waals surface area contributed by atoms with Gasteiger partial charge < -0.3 is 9.64 Å². The molecule has 0 N–H and O–H groups in total.